The maximum atomic E-state index is 13.7. The zero-order valence-corrected chi connectivity index (χ0v) is 21.2. The van der Waals surface area contributed by atoms with E-state index in [9.17, 15) is 9.59 Å². The van der Waals surface area contributed by atoms with Crippen molar-refractivity contribution in [3.8, 4) is 5.69 Å². The maximum absolute atomic E-state index is 13.7. The maximum Gasteiger partial charge on any atom is 0.266 e. The number of nitrogens with zero attached hydrogens (tertiary/aromatic N) is 3. The fraction of sp³-hybridized carbons (Fsp3) is 0.444. The topological polar surface area (TPSA) is 55.2 Å². The van der Waals surface area contributed by atoms with Crippen LogP contribution in [0.25, 0.3) is 16.6 Å². The van der Waals surface area contributed by atoms with Gasteiger partial charge in [-0.05, 0) is 68.0 Å². The van der Waals surface area contributed by atoms with E-state index in [1.54, 1.807) is 4.57 Å². The molecule has 0 radical (unpaired) electrons. The van der Waals surface area contributed by atoms with Gasteiger partial charge in [0.1, 0.15) is 5.82 Å². The lowest BCUT2D eigenvalue weighted by molar-refractivity contribution is -0.141. The summed E-state index contributed by atoms with van der Waals surface area (Å²) in [5.41, 5.74) is 1.33. The van der Waals surface area contributed by atoms with E-state index in [-0.39, 0.29) is 23.4 Å². The highest BCUT2D eigenvalue weighted by atomic mass is 79.9. The number of rotatable bonds is 8. The highest BCUT2D eigenvalue weighted by molar-refractivity contribution is 9.10. The lowest BCUT2D eigenvalue weighted by Crippen LogP contribution is -2.44. The Morgan fingerprint density at radius 1 is 1.15 bits per heavy atom. The highest BCUT2D eigenvalue weighted by Gasteiger charge is 2.35. The fourth-order valence-corrected chi connectivity index (χ4v) is 4.73. The van der Waals surface area contributed by atoms with Gasteiger partial charge in [0, 0.05) is 16.9 Å². The molecule has 33 heavy (non-hydrogen) atoms. The van der Waals surface area contributed by atoms with Crippen LogP contribution in [-0.2, 0) is 4.79 Å². The number of para-hydroxylation sites is 1. The van der Waals surface area contributed by atoms with E-state index < -0.39 is 0 Å². The number of amides is 1. The number of benzene rings is 2. The molecule has 4 rings (SSSR count). The molecule has 1 saturated carbocycles. The van der Waals surface area contributed by atoms with Gasteiger partial charge in [-0.1, -0.05) is 55.3 Å². The summed E-state index contributed by atoms with van der Waals surface area (Å²) >= 11 is 3.49. The van der Waals surface area contributed by atoms with Crippen molar-refractivity contribution in [2.75, 3.05) is 6.54 Å². The third-order valence-corrected chi connectivity index (χ3v) is 7.16. The number of halogens is 1. The third-order valence-electron chi connectivity index (χ3n) is 6.63. The number of hydrogen-bond acceptors (Lipinski definition) is 3. The quantitative estimate of drug-likeness (QED) is 0.359. The summed E-state index contributed by atoms with van der Waals surface area (Å²) in [4.78, 5) is 34.3. The molecule has 1 amide bonds. The van der Waals surface area contributed by atoms with Crippen LogP contribution in [0.2, 0.25) is 0 Å². The number of carbonyl (C=O) groups is 1. The van der Waals surface area contributed by atoms with Crippen molar-refractivity contribution in [1.29, 1.82) is 0 Å². The van der Waals surface area contributed by atoms with Gasteiger partial charge >= 0.3 is 0 Å². The summed E-state index contributed by atoms with van der Waals surface area (Å²) in [6.45, 7) is 7.11. The first-order valence-electron chi connectivity index (χ1n) is 12.0. The summed E-state index contributed by atoms with van der Waals surface area (Å²) in [5, 5.41) is 0.582. The van der Waals surface area contributed by atoms with Gasteiger partial charge in [0.05, 0.1) is 22.6 Å². The van der Waals surface area contributed by atoms with Crippen LogP contribution in [0, 0.1) is 11.8 Å². The van der Waals surface area contributed by atoms with Gasteiger partial charge in [-0.2, -0.15) is 0 Å². The Bertz CT molecular complexity index is 1180. The van der Waals surface area contributed by atoms with Crippen LogP contribution in [0.15, 0.2) is 57.8 Å². The van der Waals surface area contributed by atoms with Crippen molar-refractivity contribution in [2.24, 2.45) is 11.8 Å². The SMILES string of the molecule is CCC(c1nc2ccccc2c(=O)n1-c1ccc(Br)cc1)N(CCC(C)C)C(=O)C1CCC1. The molecule has 1 fully saturated rings. The van der Waals surface area contributed by atoms with Crippen LogP contribution in [0.5, 0.6) is 0 Å². The summed E-state index contributed by atoms with van der Waals surface area (Å²) < 4.78 is 2.65. The molecule has 1 atom stereocenters. The zero-order chi connectivity index (χ0) is 23.5. The van der Waals surface area contributed by atoms with Crippen molar-refractivity contribution >= 4 is 32.7 Å². The molecule has 5 nitrogen and oxygen atoms in total. The second kappa shape index (κ2) is 10.2. The van der Waals surface area contributed by atoms with Crippen LogP contribution in [0.4, 0.5) is 0 Å². The van der Waals surface area contributed by atoms with Gasteiger partial charge in [0.2, 0.25) is 5.91 Å². The largest absolute Gasteiger partial charge is 0.332 e. The van der Waals surface area contributed by atoms with Crippen LogP contribution >= 0.6 is 15.9 Å². The Morgan fingerprint density at radius 3 is 2.45 bits per heavy atom. The molecule has 0 spiro atoms. The molecule has 0 saturated heterocycles. The van der Waals surface area contributed by atoms with Crippen LogP contribution < -0.4 is 5.56 Å². The summed E-state index contributed by atoms with van der Waals surface area (Å²) in [5.74, 6) is 1.43. The molecule has 1 heterocycles. The Kier molecular flexibility index (Phi) is 7.32. The summed E-state index contributed by atoms with van der Waals surface area (Å²) in [6.07, 6.45) is 4.64. The van der Waals surface area contributed by atoms with E-state index in [4.69, 9.17) is 4.98 Å². The molecule has 1 aromatic heterocycles. The second-order valence-electron chi connectivity index (χ2n) is 9.37. The summed E-state index contributed by atoms with van der Waals surface area (Å²) in [6, 6.07) is 14.9. The predicted molar refractivity (Wildman–Crippen MR) is 137 cm³/mol. The van der Waals surface area contributed by atoms with E-state index in [2.05, 4.69) is 36.7 Å². The third kappa shape index (κ3) is 4.91. The first-order valence-corrected chi connectivity index (χ1v) is 12.8. The van der Waals surface area contributed by atoms with E-state index in [1.807, 2.05) is 53.4 Å². The lowest BCUT2D eigenvalue weighted by atomic mass is 9.83. The standard InChI is InChI=1S/C27H32BrN3O2/c1-4-24(30(17-16-18(2)3)26(32)19-8-7-9-19)25-29-23-11-6-5-10-22(23)27(33)31(25)21-14-12-20(28)13-15-21/h5-6,10-15,18-19,24H,4,7-9,16-17H2,1-3H3. The van der Waals surface area contributed by atoms with Crippen molar-refractivity contribution < 1.29 is 4.79 Å². The molecule has 0 N–H and O–H groups in total. The first-order chi connectivity index (χ1) is 15.9. The lowest BCUT2D eigenvalue weighted by Gasteiger charge is -2.37. The fourth-order valence-electron chi connectivity index (χ4n) is 4.46. The average Bonchev–Trinajstić information content (AvgIpc) is 2.76. The minimum atomic E-state index is -0.266. The molecule has 3 aromatic rings. The van der Waals surface area contributed by atoms with Gasteiger partial charge in [-0.3, -0.25) is 14.2 Å². The molecule has 6 heteroatoms. The Morgan fingerprint density at radius 2 is 1.85 bits per heavy atom. The van der Waals surface area contributed by atoms with E-state index in [1.165, 1.54) is 0 Å². The second-order valence-corrected chi connectivity index (χ2v) is 10.3. The van der Waals surface area contributed by atoms with Crippen LogP contribution in [0.1, 0.15) is 64.7 Å². The van der Waals surface area contributed by atoms with Gasteiger partial charge < -0.3 is 4.90 Å². The first kappa shape index (κ1) is 23.7. The average molecular weight is 510 g/mol. The van der Waals surface area contributed by atoms with Crippen molar-refractivity contribution in [2.45, 2.75) is 58.9 Å². The molecule has 0 aliphatic heterocycles. The van der Waals surface area contributed by atoms with E-state index in [0.717, 1.165) is 35.8 Å². The molecular formula is C27H32BrN3O2. The monoisotopic (exact) mass is 509 g/mol. The molecule has 1 unspecified atom stereocenters. The smallest absolute Gasteiger partial charge is 0.266 e. The van der Waals surface area contributed by atoms with Gasteiger partial charge in [0.25, 0.3) is 5.56 Å². The normalized spacial score (nSPS) is 14.9. The van der Waals surface area contributed by atoms with Gasteiger partial charge in [-0.25, -0.2) is 4.98 Å². The minimum Gasteiger partial charge on any atom is -0.332 e. The molecule has 1 aliphatic carbocycles. The number of aromatic nitrogens is 2. The summed E-state index contributed by atoms with van der Waals surface area (Å²) in [7, 11) is 0. The molecule has 1 aliphatic rings. The Hall–Kier alpha value is -2.47. The highest BCUT2D eigenvalue weighted by Crippen LogP contribution is 2.34. The number of carbonyl (C=O) groups excluding carboxylic acids is 1. The van der Waals surface area contributed by atoms with E-state index >= 15 is 0 Å². The number of hydrogen-bond donors (Lipinski definition) is 0. The predicted octanol–water partition coefficient (Wildman–Crippen LogP) is 6.27. The zero-order valence-electron chi connectivity index (χ0n) is 19.6. The van der Waals surface area contributed by atoms with Crippen molar-refractivity contribution in [1.82, 2.24) is 14.5 Å². The van der Waals surface area contributed by atoms with Crippen molar-refractivity contribution in [3.63, 3.8) is 0 Å². The molecule has 0 bridgehead atoms. The van der Waals surface area contributed by atoms with Gasteiger partial charge in [0.15, 0.2) is 0 Å². The minimum absolute atomic E-state index is 0.0968. The molecule has 2 aromatic carbocycles. The van der Waals surface area contributed by atoms with Crippen LogP contribution in [0.3, 0.4) is 0 Å². The van der Waals surface area contributed by atoms with Crippen molar-refractivity contribution in [3.05, 3.63) is 69.2 Å². The van der Waals surface area contributed by atoms with E-state index in [0.29, 0.717) is 35.6 Å². The molecular weight excluding hydrogens is 478 g/mol. The molecule has 174 valence electrons. The Labute approximate surface area is 204 Å². The Balaban J connectivity index is 1.90. The number of fused-ring (bicyclic) bond motifs is 1. The van der Waals surface area contributed by atoms with Crippen LogP contribution in [-0.4, -0.2) is 26.9 Å². The van der Waals surface area contributed by atoms with Gasteiger partial charge in [-0.15, -0.1) is 0 Å².